The molecular formula is C4H8NO3. The summed E-state index contributed by atoms with van der Waals surface area (Å²) in [6.07, 6.45) is -1.53. The maximum atomic E-state index is 10.1. The Morgan fingerprint density at radius 2 is 2.25 bits per heavy atom. The molecule has 0 aromatic rings. The normalized spacial score (nSPS) is 13.2. The van der Waals surface area contributed by atoms with Gasteiger partial charge in [-0.1, -0.05) is 0 Å². The van der Waals surface area contributed by atoms with E-state index in [0.717, 1.165) is 0 Å². The van der Waals surface area contributed by atoms with Crippen LogP contribution in [0.2, 0.25) is 0 Å². The number of hydrogen-bond donors (Lipinski definition) is 2. The molecule has 1 unspecified atom stereocenters. The van der Waals surface area contributed by atoms with Gasteiger partial charge in [0.15, 0.2) is 6.10 Å². The Kier molecular flexibility index (Phi) is 3.14. The Bertz CT molecular complexity index is 83.4. The van der Waals surface area contributed by atoms with Crippen LogP contribution in [0.3, 0.4) is 0 Å². The summed E-state index contributed by atoms with van der Waals surface area (Å²) in [5.74, 6) is -1.32. The van der Waals surface area contributed by atoms with Crippen LogP contribution in [0.25, 0.3) is 0 Å². The van der Waals surface area contributed by atoms with Gasteiger partial charge in [0, 0.05) is 0 Å². The fourth-order valence-corrected chi connectivity index (χ4v) is 0.275. The second kappa shape index (κ2) is 3.40. The molecule has 3 N–H and O–H groups in total. The van der Waals surface area contributed by atoms with Crippen LogP contribution in [0.5, 0.6) is 0 Å². The number of aliphatic carboxylic acids is 1. The van der Waals surface area contributed by atoms with Crippen molar-refractivity contribution in [1.29, 1.82) is 0 Å². The van der Waals surface area contributed by atoms with E-state index in [4.69, 9.17) is 10.8 Å². The first-order chi connectivity index (χ1) is 3.68. The Morgan fingerprint density at radius 3 is 2.38 bits per heavy atom. The van der Waals surface area contributed by atoms with Gasteiger partial charge in [-0.3, -0.25) is 0 Å². The van der Waals surface area contributed by atoms with Crippen molar-refractivity contribution in [3.8, 4) is 0 Å². The van der Waals surface area contributed by atoms with Crippen molar-refractivity contribution in [1.82, 2.24) is 0 Å². The molecule has 0 amide bonds. The van der Waals surface area contributed by atoms with Crippen molar-refractivity contribution >= 4 is 5.97 Å². The fraction of sp³-hybridized carbons (Fsp3) is 0.750. The van der Waals surface area contributed by atoms with E-state index in [2.05, 4.69) is 0 Å². The van der Waals surface area contributed by atoms with Crippen LogP contribution >= 0.6 is 0 Å². The number of carboxylic acids is 1. The van der Waals surface area contributed by atoms with Gasteiger partial charge in [0.1, 0.15) is 0 Å². The average Bonchev–Trinajstić information content (AvgIpc) is 1.67. The maximum absolute atomic E-state index is 10.1. The number of carbonyl (C=O) groups is 1. The smallest absolute Gasteiger partial charge is 0.336 e. The van der Waals surface area contributed by atoms with E-state index in [9.17, 15) is 9.90 Å². The molecule has 4 nitrogen and oxygen atoms in total. The van der Waals surface area contributed by atoms with Crippen LogP contribution in [0.4, 0.5) is 0 Å². The second-order valence-electron chi connectivity index (χ2n) is 1.40. The minimum absolute atomic E-state index is 0.00926. The summed E-state index contributed by atoms with van der Waals surface area (Å²) < 4.78 is 0. The van der Waals surface area contributed by atoms with E-state index >= 15 is 0 Å². The molecule has 0 aliphatic carbocycles. The molecule has 47 valence electrons. The molecule has 8 heavy (non-hydrogen) atoms. The number of rotatable bonds is 3. The summed E-state index contributed by atoms with van der Waals surface area (Å²) in [6, 6.07) is 0. The third-order valence-corrected chi connectivity index (χ3v) is 0.704. The van der Waals surface area contributed by atoms with Crippen LogP contribution < -0.4 is 5.73 Å². The van der Waals surface area contributed by atoms with E-state index in [1.54, 1.807) is 0 Å². The Morgan fingerprint density at radius 1 is 1.75 bits per heavy atom. The highest BCUT2D eigenvalue weighted by Gasteiger charge is 2.12. The van der Waals surface area contributed by atoms with Crippen LogP contribution in [-0.4, -0.2) is 23.7 Å². The van der Waals surface area contributed by atoms with E-state index in [1.807, 2.05) is 0 Å². The van der Waals surface area contributed by atoms with Crippen molar-refractivity contribution in [3.63, 3.8) is 0 Å². The van der Waals surface area contributed by atoms with Gasteiger partial charge >= 0.3 is 5.97 Å². The van der Waals surface area contributed by atoms with Gasteiger partial charge in [-0.05, 0) is 13.0 Å². The predicted molar refractivity (Wildman–Crippen MR) is 25.8 cm³/mol. The van der Waals surface area contributed by atoms with Gasteiger partial charge in [0.2, 0.25) is 0 Å². The van der Waals surface area contributed by atoms with Crippen LogP contribution in [0, 0.1) is 0 Å². The molecule has 0 aromatic carbocycles. The van der Waals surface area contributed by atoms with Crippen molar-refractivity contribution in [2.24, 2.45) is 5.73 Å². The minimum Gasteiger partial charge on any atom is -0.479 e. The Balaban J connectivity index is 3.32. The van der Waals surface area contributed by atoms with E-state index in [1.165, 1.54) is 0 Å². The quantitative estimate of drug-likeness (QED) is 0.509. The third-order valence-electron chi connectivity index (χ3n) is 0.704. The largest absolute Gasteiger partial charge is 0.479 e. The maximum Gasteiger partial charge on any atom is 0.336 e. The lowest BCUT2D eigenvalue weighted by Gasteiger charge is -1.96. The molecular weight excluding hydrogens is 110 g/mol. The first-order valence-electron chi connectivity index (χ1n) is 2.27. The lowest BCUT2D eigenvalue weighted by molar-refractivity contribution is -0.150. The monoisotopic (exact) mass is 118 g/mol. The summed E-state index contributed by atoms with van der Waals surface area (Å²) in [5, 5.41) is 18.1. The van der Waals surface area contributed by atoms with Crippen molar-refractivity contribution in [3.05, 3.63) is 0 Å². The van der Waals surface area contributed by atoms with E-state index < -0.39 is 12.1 Å². The van der Waals surface area contributed by atoms with Gasteiger partial charge in [0.05, 0.1) is 0 Å². The van der Waals surface area contributed by atoms with Gasteiger partial charge in [-0.25, -0.2) is 9.90 Å². The SMILES string of the molecule is NCCC([O])C(=O)O. The third kappa shape index (κ3) is 2.54. The highest BCUT2D eigenvalue weighted by atomic mass is 16.4. The lowest BCUT2D eigenvalue weighted by atomic mass is 10.3. The molecule has 0 aliphatic rings. The fourth-order valence-electron chi connectivity index (χ4n) is 0.275. The highest BCUT2D eigenvalue weighted by Crippen LogP contribution is 1.87. The van der Waals surface area contributed by atoms with Crippen molar-refractivity contribution < 1.29 is 15.0 Å². The molecule has 1 atom stereocenters. The summed E-state index contributed by atoms with van der Waals surface area (Å²) >= 11 is 0. The first kappa shape index (κ1) is 7.39. The zero-order valence-corrected chi connectivity index (χ0v) is 4.33. The van der Waals surface area contributed by atoms with E-state index in [-0.39, 0.29) is 13.0 Å². The molecule has 0 aromatic heterocycles. The van der Waals surface area contributed by atoms with Gasteiger partial charge in [0.25, 0.3) is 0 Å². The van der Waals surface area contributed by atoms with Crippen LogP contribution in [-0.2, 0) is 9.90 Å². The van der Waals surface area contributed by atoms with Crippen molar-refractivity contribution in [2.75, 3.05) is 6.54 Å². The highest BCUT2D eigenvalue weighted by molar-refractivity contribution is 5.71. The number of carboxylic acid groups (broad SMARTS) is 1. The van der Waals surface area contributed by atoms with Crippen LogP contribution in [0.15, 0.2) is 0 Å². The van der Waals surface area contributed by atoms with Gasteiger partial charge in [-0.2, -0.15) is 0 Å². The number of hydrogen-bond acceptors (Lipinski definition) is 2. The minimum atomic E-state index is -1.54. The van der Waals surface area contributed by atoms with Gasteiger partial charge in [-0.15, -0.1) is 0 Å². The molecule has 0 aliphatic heterocycles. The van der Waals surface area contributed by atoms with Gasteiger partial charge < -0.3 is 10.8 Å². The molecule has 0 spiro atoms. The molecule has 0 heterocycles. The first-order valence-corrected chi connectivity index (χ1v) is 2.27. The summed E-state index contributed by atoms with van der Waals surface area (Å²) in [5.41, 5.74) is 4.90. The average molecular weight is 118 g/mol. The molecule has 0 saturated heterocycles. The topological polar surface area (TPSA) is 83.2 Å². The zero-order valence-electron chi connectivity index (χ0n) is 4.33. The van der Waals surface area contributed by atoms with Crippen molar-refractivity contribution in [2.45, 2.75) is 12.5 Å². The summed E-state index contributed by atoms with van der Waals surface area (Å²) in [6.45, 7) is 0.139. The molecule has 0 bridgehead atoms. The molecule has 0 rings (SSSR count). The molecule has 4 heteroatoms. The lowest BCUT2D eigenvalue weighted by Crippen LogP contribution is -2.21. The molecule has 0 saturated carbocycles. The summed E-state index contributed by atoms with van der Waals surface area (Å²) in [7, 11) is 0. The number of nitrogens with two attached hydrogens (primary N) is 1. The molecule has 1 radical (unpaired) electrons. The standard InChI is InChI=1S/C4H8NO3/c5-2-1-3(6)4(7)8/h3H,1-2,5H2,(H,7,8). The predicted octanol–water partition coefficient (Wildman–Crippen LogP) is -0.781. The summed E-state index contributed by atoms with van der Waals surface area (Å²) in [4.78, 5) is 9.72. The molecule has 0 fully saturated rings. The van der Waals surface area contributed by atoms with Crippen LogP contribution in [0.1, 0.15) is 6.42 Å². The Labute approximate surface area is 46.9 Å². The Hall–Kier alpha value is -0.610. The second-order valence-corrected chi connectivity index (χ2v) is 1.40. The van der Waals surface area contributed by atoms with E-state index in [0.29, 0.717) is 0 Å². The zero-order chi connectivity index (χ0) is 6.57.